The van der Waals surface area contributed by atoms with Crippen LogP contribution in [0.3, 0.4) is 0 Å². The predicted molar refractivity (Wildman–Crippen MR) is 81.3 cm³/mol. The monoisotopic (exact) mass is 310 g/mol. The number of carbonyl (C=O) groups excluding carboxylic acids is 1. The summed E-state index contributed by atoms with van der Waals surface area (Å²) in [7, 11) is 0. The minimum atomic E-state index is 0.0630. The summed E-state index contributed by atoms with van der Waals surface area (Å²) < 4.78 is 5.78. The molecule has 0 saturated carbocycles. The van der Waals surface area contributed by atoms with E-state index in [2.05, 4.69) is 15.2 Å². The van der Waals surface area contributed by atoms with Crippen molar-refractivity contribution in [2.75, 3.05) is 52.4 Å². The van der Waals surface area contributed by atoms with Crippen LogP contribution in [0.25, 0.3) is 0 Å². The Morgan fingerprint density at radius 3 is 3.05 bits per heavy atom. The second kappa shape index (κ2) is 7.31. The molecule has 21 heavy (non-hydrogen) atoms. The van der Waals surface area contributed by atoms with Gasteiger partial charge in [-0.05, 0) is 0 Å². The van der Waals surface area contributed by atoms with Crippen molar-refractivity contribution in [3.63, 3.8) is 0 Å². The number of thiazole rings is 1. The Labute approximate surface area is 129 Å². The lowest BCUT2D eigenvalue weighted by atomic mass is 10.2. The molecular formula is C14H22N4O2S. The second-order valence-electron chi connectivity index (χ2n) is 5.41. The average molecular weight is 310 g/mol. The molecule has 1 aromatic rings. The Morgan fingerprint density at radius 1 is 1.43 bits per heavy atom. The maximum atomic E-state index is 12.2. The number of carbonyl (C=O) groups is 1. The molecule has 1 amide bonds. The summed E-state index contributed by atoms with van der Waals surface area (Å²) in [5, 5.41) is 6.28. The summed E-state index contributed by atoms with van der Waals surface area (Å²) in [5.74, 6) is 0.272. The van der Waals surface area contributed by atoms with Crippen LogP contribution >= 0.6 is 11.3 Å². The Balaban J connectivity index is 1.45. The van der Waals surface area contributed by atoms with Gasteiger partial charge in [0.2, 0.25) is 5.91 Å². The van der Waals surface area contributed by atoms with Crippen molar-refractivity contribution in [2.24, 2.45) is 0 Å². The number of rotatable bonds is 4. The summed E-state index contributed by atoms with van der Waals surface area (Å²) in [6.45, 7) is 6.76. The lowest BCUT2D eigenvalue weighted by molar-refractivity contribution is -0.132. The van der Waals surface area contributed by atoms with Gasteiger partial charge in [0.1, 0.15) is 11.1 Å². The van der Waals surface area contributed by atoms with Crippen molar-refractivity contribution in [1.82, 2.24) is 20.1 Å². The quantitative estimate of drug-likeness (QED) is 0.869. The van der Waals surface area contributed by atoms with Gasteiger partial charge in [0, 0.05) is 63.8 Å². The number of nitrogens with one attached hydrogen (secondary N) is 1. The smallest absolute Gasteiger partial charge is 0.223 e. The number of hydrogen-bond acceptors (Lipinski definition) is 6. The molecule has 0 spiro atoms. The van der Waals surface area contributed by atoms with Crippen LogP contribution in [-0.2, 0) is 9.53 Å². The first kappa shape index (κ1) is 14.9. The molecule has 0 aromatic carbocycles. The first-order valence-electron chi connectivity index (χ1n) is 7.55. The fourth-order valence-electron chi connectivity index (χ4n) is 2.77. The van der Waals surface area contributed by atoms with Gasteiger partial charge in [0.15, 0.2) is 0 Å². The van der Waals surface area contributed by atoms with Gasteiger partial charge < -0.3 is 15.0 Å². The Kier molecular flexibility index (Phi) is 5.18. The minimum Gasteiger partial charge on any atom is -0.368 e. The van der Waals surface area contributed by atoms with Crippen molar-refractivity contribution in [2.45, 2.75) is 12.5 Å². The van der Waals surface area contributed by atoms with Crippen LogP contribution in [0.1, 0.15) is 17.5 Å². The molecule has 116 valence electrons. The third-order valence-corrected chi connectivity index (χ3v) is 4.86. The number of amides is 1. The standard InChI is InChI=1S/C14H22N4O2S/c19-13(18-6-2-15-3-7-18)1-5-17-8-9-20-12(11-17)14-16-4-10-21-14/h4,10,12,15H,1-3,5-9,11H2. The van der Waals surface area contributed by atoms with Crippen molar-refractivity contribution >= 4 is 17.2 Å². The van der Waals surface area contributed by atoms with Crippen molar-refractivity contribution < 1.29 is 9.53 Å². The third kappa shape index (κ3) is 4.00. The van der Waals surface area contributed by atoms with Gasteiger partial charge in [0.25, 0.3) is 0 Å². The van der Waals surface area contributed by atoms with E-state index in [1.807, 2.05) is 16.5 Å². The molecule has 2 fully saturated rings. The van der Waals surface area contributed by atoms with Crippen LogP contribution in [0, 0.1) is 0 Å². The molecule has 7 heteroatoms. The number of hydrogen-bond donors (Lipinski definition) is 1. The molecule has 3 rings (SSSR count). The van der Waals surface area contributed by atoms with Crippen molar-refractivity contribution in [1.29, 1.82) is 0 Å². The van der Waals surface area contributed by atoms with Gasteiger partial charge in [0.05, 0.1) is 6.61 Å². The summed E-state index contributed by atoms with van der Waals surface area (Å²) in [6.07, 6.45) is 2.48. The van der Waals surface area contributed by atoms with E-state index in [9.17, 15) is 4.79 Å². The van der Waals surface area contributed by atoms with E-state index >= 15 is 0 Å². The Hall–Kier alpha value is -1.02. The average Bonchev–Trinajstić information content (AvgIpc) is 3.08. The van der Waals surface area contributed by atoms with Crippen LogP contribution in [0.4, 0.5) is 0 Å². The molecule has 2 saturated heterocycles. The summed E-state index contributed by atoms with van der Waals surface area (Å²) >= 11 is 1.63. The van der Waals surface area contributed by atoms with E-state index in [0.29, 0.717) is 13.0 Å². The highest BCUT2D eigenvalue weighted by Crippen LogP contribution is 2.23. The molecule has 2 aliphatic heterocycles. The fourth-order valence-corrected chi connectivity index (χ4v) is 3.45. The molecule has 1 unspecified atom stereocenters. The number of piperazine rings is 1. The molecule has 1 aromatic heterocycles. The molecule has 2 aliphatic rings. The Morgan fingerprint density at radius 2 is 2.29 bits per heavy atom. The molecule has 0 aliphatic carbocycles. The van der Waals surface area contributed by atoms with E-state index in [1.54, 1.807) is 11.3 Å². The maximum absolute atomic E-state index is 12.2. The van der Waals surface area contributed by atoms with Crippen LogP contribution in [-0.4, -0.2) is 73.1 Å². The van der Waals surface area contributed by atoms with E-state index in [4.69, 9.17) is 4.74 Å². The largest absolute Gasteiger partial charge is 0.368 e. The highest BCUT2D eigenvalue weighted by Gasteiger charge is 2.24. The van der Waals surface area contributed by atoms with Gasteiger partial charge in [-0.15, -0.1) is 11.3 Å². The van der Waals surface area contributed by atoms with Crippen LogP contribution in [0.2, 0.25) is 0 Å². The number of aromatic nitrogens is 1. The molecule has 0 bridgehead atoms. The van der Waals surface area contributed by atoms with E-state index in [1.165, 1.54) is 0 Å². The van der Waals surface area contributed by atoms with Gasteiger partial charge in [-0.25, -0.2) is 4.98 Å². The second-order valence-corrected chi connectivity index (χ2v) is 6.34. The molecule has 0 radical (unpaired) electrons. The highest BCUT2D eigenvalue weighted by atomic mass is 32.1. The lowest BCUT2D eigenvalue weighted by Gasteiger charge is -2.33. The number of nitrogens with zero attached hydrogens (tertiary/aromatic N) is 3. The van der Waals surface area contributed by atoms with Gasteiger partial charge in [-0.1, -0.05) is 0 Å². The summed E-state index contributed by atoms with van der Waals surface area (Å²) in [5.41, 5.74) is 0. The first-order chi connectivity index (χ1) is 10.3. The normalized spacial score (nSPS) is 24.2. The lowest BCUT2D eigenvalue weighted by Crippen LogP contribution is -2.47. The zero-order valence-corrected chi connectivity index (χ0v) is 13.0. The maximum Gasteiger partial charge on any atom is 0.223 e. The van der Waals surface area contributed by atoms with Crippen LogP contribution in [0.5, 0.6) is 0 Å². The number of ether oxygens (including phenoxy) is 1. The van der Waals surface area contributed by atoms with Crippen molar-refractivity contribution in [3.05, 3.63) is 16.6 Å². The zero-order valence-electron chi connectivity index (χ0n) is 12.2. The predicted octanol–water partition coefficient (Wildman–Crippen LogP) is 0.338. The molecule has 1 atom stereocenters. The molecule has 6 nitrogen and oxygen atoms in total. The number of morpholine rings is 1. The highest BCUT2D eigenvalue weighted by molar-refractivity contribution is 7.09. The molecule has 3 heterocycles. The SMILES string of the molecule is O=C(CCN1CCOC(c2nccs2)C1)N1CCNCC1. The Bertz CT molecular complexity index is 448. The zero-order chi connectivity index (χ0) is 14.5. The summed E-state index contributed by atoms with van der Waals surface area (Å²) in [4.78, 5) is 20.8. The van der Waals surface area contributed by atoms with E-state index < -0.39 is 0 Å². The van der Waals surface area contributed by atoms with Crippen LogP contribution in [0.15, 0.2) is 11.6 Å². The molecule has 1 N–H and O–H groups in total. The van der Waals surface area contributed by atoms with Crippen LogP contribution < -0.4 is 5.32 Å². The molecular weight excluding hydrogens is 288 g/mol. The van der Waals surface area contributed by atoms with Gasteiger partial charge in [-0.2, -0.15) is 0 Å². The van der Waals surface area contributed by atoms with Crippen molar-refractivity contribution in [3.8, 4) is 0 Å². The topological polar surface area (TPSA) is 57.7 Å². The fraction of sp³-hybridized carbons (Fsp3) is 0.714. The summed E-state index contributed by atoms with van der Waals surface area (Å²) in [6, 6.07) is 0. The third-order valence-electron chi connectivity index (χ3n) is 3.99. The van der Waals surface area contributed by atoms with E-state index in [0.717, 1.165) is 50.8 Å². The van der Waals surface area contributed by atoms with Gasteiger partial charge >= 0.3 is 0 Å². The first-order valence-corrected chi connectivity index (χ1v) is 8.43. The van der Waals surface area contributed by atoms with E-state index in [-0.39, 0.29) is 12.0 Å². The van der Waals surface area contributed by atoms with Gasteiger partial charge in [-0.3, -0.25) is 9.69 Å². The minimum absolute atomic E-state index is 0.0630.